The van der Waals surface area contributed by atoms with Crippen LogP contribution >= 0.6 is 0 Å². The van der Waals surface area contributed by atoms with Crippen molar-refractivity contribution in [3.63, 3.8) is 0 Å². The Labute approximate surface area is 143 Å². The first-order valence-corrected chi connectivity index (χ1v) is 8.98. The summed E-state index contributed by atoms with van der Waals surface area (Å²) in [6.07, 6.45) is 3.18. The summed E-state index contributed by atoms with van der Waals surface area (Å²) >= 11 is 0. The number of amides is 3. The molecule has 0 aromatic carbocycles. The predicted octanol–water partition coefficient (Wildman–Crippen LogP) is 1.37. The summed E-state index contributed by atoms with van der Waals surface area (Å²) in [6, 6.07) is 0.0243. The Morgan fingerprint density at radius 3 is 2.42 bits per heavy atom. The Bertz CT molecular complexity index is 461. The summed E-state index contributed by atoms with van der Waals surface area (Å²) in [4.78, 5) is 39.4. The SMILES string of the molecule is CCOC(=O)N1CCC(NC(=O)CC(=O)N2CCCC(C)C2)CC1. The van der Waals surface area contributed by atoms with E-state index in [0.717, 1.165) is 25.9 Å². The Balaban J connectivity index is 1.69. The van der Waals surface area contributed by atoms with Crippen molar-refractivity contribution in [2.24, 2.45) is 5.92 Å². The molecule has 0 aromatic rings. The molecule has 0 spiro atoms. The van der Waals surface area contributed by atoms with E-state index in [-0.39, 0.29) is 30.4 Å². The largest absolute Gasteiger partial charge is 0.450 e. The normalized spacial score (nSPS) is 22.2. The summed E-state index contributed by atoms with van der Waals surface area (Å²) in [5.74, 6) is 0.216. The van der Waals surface area contributed by atoms with Gasteiger partial charge >= 0.3 is 6.09 Å². The van der Waals surface area contributed by atoms with Crippen LogP contribution in [0.2, 0.25) is 0 Å². The van der Waals surface area contributed by atoms with Gasteiger partial charge in [-0.15, -0.1) is 0 Å². The van der Waals surface area contributed by atoms with Crippen LogP contribution in [0.25, 0.3) is 0 Å². The molecule has 2 fully saturated rings. The fraction of sp³-hybridized carbons (Fsp3) is 0.824. The molecule has 24 heavy (non-hydrogen) atoms. The van der Waals surface area contributed by atoms with Gasteiger partial charge < -0.3 is 19.9 Å². The molecule has 0 aliphatic carbocycles. The topological polar surface area (TPSA) is 79.0 Å². The minimum Gasteiger partial charge on any atom is -0.450 e. The number of hydrogen-bond acceptors (Lipinski definition) is 4. The van der Waals surface area contributed by atoms with Crippen molar-refractivity contribution in [2.45, 2.75) is 52.0 Å². The number of piperidine rings is 2. The maximum Gasteiger partial charge on any atom is 0.409 e. The van der Waals surface area contributed by atoms with Crippen LogP contribution in [0, 0.1) is 5.92 Å². The number of carbonyl (C=O) groups excluding carboxylic acids is 3. The van der Waals surface area contributed by atoms with E-state index in [0.29, 0.717) is 38.5 Å². The van der Waals surface area contributed by atoms with Crippen molar-refractivity contribution in [3.05, 3.63) is 0 Å². The summed E-state index contributed by atoms with van der Waals surface area (Å²) in [5.41, 5.74) is 0. The molecule has 1 atom stereocenters. The standard InChI is InChI=1S/C17H29N3O4/c1-3-24-17(23)19-9-6-14(7-10-19)18-15(21)11-16(22)20-8-4-5-13(2)12-20/h13-14H,3-12H2,1-2H3,(H,18,21). The summed E-state index contributed by atoms with van der Waals surface area (Å²) in [5, 5.41) is 2.93. The first-order chi connectivity index (χ1) is 11.5. The van der Waals surface area contributed by atoms with Crippen LogP contribution in [-0.4, -0.2) is 66.5 Å². The Morgan fingerprint density at radius 2 is 1.79 bits per heavy atom. The van der Waals surface area contributed by atoms with Gasteiger partial charge in [-0.1, -0.05) is 6.92 Å². The molecule has 7 heteroatoms. The molecule has 1 N–H and O–H groups in total. The minimum absolute atomic E-state index is 0.0243. The number of hydrogen-bond donors (Lipinski definition) is 1. The molecule has 2 saturated heterocycles. The van der Waals surface area contributed by atoms with Crippen molar-refractivity contribution in [1.82, 2.24) is 15.1 Å². The number of rotatable bonds is 4. The minimum atomic E-state index is -0.295. The molecular formula is C17H29N3O4. The van der Waals surface area contributed by atoms with E-state index in [2.05, 4.69) is 12.2 Å². The highest BCUT2D eigenvalue weighted by molar-refractivity contribution is 5.97. The van der Waals surface area contributed by atoms with Gasteiger partial charge in [0, 0.05) is 32.2 Å². The molecule has 2 aliphatic heterocycles. The molecule has 0 bridgehead atoms. The Kier molecular flexibility index (Phi) is 6.87. The van der Waals surface area contributed by atoms with E-state index < -0.39 is 0 Å². The fourth-order valence-electron chi connectivity index (χ4n) is 3.36. The first-order valence-electron chi connectivity index (χ1n) is 8.98. The van der Waals surface area contributed by atoms with Gasteiger partial charge in [-0.3, -0.25) is 9.59 Å². The van der Waals surface area contributed by atoms with E-state index in [1.54, 1.807) is 16.7 Å². The highest BCUT2D eigenvalue weighted by Gasteiger charge is 2.26. The highest BCUT2D eigenvalue weighted by Crippen LogP contribution is 2.16. The van der Waals surface area contributed by atoms with Gasteiger partial charge in [0.1, 0.15) is 6.42 Å². The summed E-state index contributed by atoms with van der Waals surface area (Å²) in [6.45, 7) is 6.94. The second-order valence-electron chi connectivity index (χ2n) is 6.79. The first kappa shape index (κ1) is 18.5. The van der Waals surface area contributed by atoms with Gasteiger partial charge in [-0.2, -0.15) is 0 Å². The van der Waals surface area contributed by atoms with Crippen molar-refractivity contribution in [1.29, 1.82) is 0 Å². The molecule has 0 aromatic heterocycles. The third-order valence-electron chi connectivity index (χ3n) is 4.71. The molecule has 0 saturated carbocycles. The third-order valence-corrected chi connectivity index (χ3v) is 4.71. The van der Waals surface area contributed by atoms with Crippen LogP contribution in [0.15, 0.2) is 0 Å². The molecule has 2 rings (SSSR count). The number of nitrogens with one attached hydrogen (secondary N) is 1. The molecule has 1 unspecified atom stereocenters. The molecular weight excluding hydrogens is 310 g/mol. The number of ether oxygens (including phenoxy) is 1. The number of carbonyl (C=O) groups is 3. The lowest BCUT2D eigenvalue weighted by atomic mass is 10.00. The van der Waals surface area contributed by atoms with Crippen LogP contribution in [0.4, 0.5) is 4.79 Å². The van der Waals surface area contributed by atoms with Gasteiger partial charge in [-0.05, 0) is 38.5 Å². The van der Waals surface area contributed by atoms with Gasteiger partial charge in [0.05, 0.1) is 6.61 Å². The Morgan fingerprint density at radius 1 is 1.08 bits per heavy atom. The number of nitrogens with zero attached hydrogens (tertiary/aromatic N) is 2. The molecule has 3 amide bonds. The van der Waals surface area contributed by atoms with Gasteiger partial charge in [0.15, 0.2) is 0 Å². The second kappa shape index (κ2) is 8.89. The van der Waals surface area contributed by atoms with Gasteiger partial charge in [0.25, 0.3) is 0 Å². The molecule has 136 valence electrons. The molecule has 2 aliphatic rings. The average molecular weight is 339 g/mol. The zero-order valence-corrected chi connectivity index (χ0v) is 14.8. The van der Waals surface area contributed by atoms with Crippen LogP contribution in [-0.2, 0) is 14.3 Å². The maximum atomic E-state index is 12.2. The van der Waals surface area contributed by atoms with Crippen molar-refractivity contribution < 1.29 is 19.1 Å². The second-order valence-corrected chi connectivity index (χ2v) is 6.79. The van der Waals surface area contributed by atoms with E-state index >= 15 is 0 Å². The lowest BCUT2D eigenvalue weighted by molar-refractivity contribution is -0.137. The zero-order chi connectivity index (χ0) is 17.5. The van der Waals surface area contributed by atoms with E-state index in [1.807, 2.05) is 0 Å². The number of likely N-dealkylation sites (tertiary alicyclic amines) is 2. The van der Waals surface area contributed by atoms with Crippen LogP contribution in [0.3, 0.4) is 0 Å². The smallest absolute Gasteiger partial charge is 0.409 e. The van der Waals surface area contributed by atoms with Crippen LogP contribution in [0.1, 0.15) is 46.0 Å². The fourth-order valence-corrected chi connectivity index (χ4v) is 3.36. The average Bonchev–Trinajstić information content (AvgIpc) is 2.55. The maximum absolute atomic E-state index is 12.2. The van der Waals surface area contributed by atoms with E-state index in [1.165, 1.54) is 0 Å². The highest BCUT2D eigenvalue weighted by atomic mass is 16.6. The van der Waals surface area contributed by atoms with Gasteiger partial charge in [-0.25, -0.2) is 4.79 Å². The lowest BCUT2D eigenvalue weighted by Gasteiger charge is -2.32. The summed E-state index contributed by atoms with van der Waals surface area (Å²) in [7, 11) is 0. The molecule has 7 nitrogen and oxygen atoms in total. The predicted molar refractivity (Wildman–Crippen MR) is 89.4 cm³/mol. The van der Waals surface area contributed by atoms with Crippen LogP contribution < -0.4 is 5.32 Å². The van der Waals surface area contributed by atoms with E-state index in [4.69, 9.17) is 4.74 Å². The van der Waals surface area contributed by atoms with Crippen LogP contribution in [0.5, 0.6) is 0 Å². The Hall–Kier alpha value is -1.79. The zero-order valence-electron chi connectivity index (χ0n) is 14.8. The quantitative estimate of drug-likeness (QED) is 0.785. The lowest BCUT2D eigenvalue weighted by Crippen LogP contribution is -2.48. The van der Waals surface area contributed by atoms with Crippen molar-refractivity contribution >= 4 is 17.9 Å². The van der Waals surface area contributed by atoms with Crippen molar-refractivity contribution in [3.8, 4) is 0 Å². The molecule has 2 heterocycles. The van der Waals surface area contributed by atoms with Gasteiger partial charge in [0.2, 0.25) is 11.8 Å². The van der Waals surface area contributed by atoms with Crippen molar-refractivity contribution in [2.75, 3.05) is 32.8 Å². The monoisotopic (exact) mass is 339 g/mol. The third kappa shape index (κ3) is 5.39. The summed E-state index contributed by atoms with van der Waals surface area (Å²) < 4.78 is 4.98. The van der Waals surface area contributed by atoms with E-state index in [9.17, 15) is 14.4 Å². The molecule has 0 radical (unpaired) electrons.